The molecule has 4 heteroatoms. The Hall–Kier alpha value is -0.510. The second kappa shape index (κ2) is 5.64. The molecule has 1 aromatic carbocycles. The molecule has 96 valence electrons. The molecule has 0 spiro atoms. The Balaban J connectivity index is 2.43. The van der Waals surface area contributed by atoms with Crippen LogP contribution in [0.1, 0.15) is 26.4 Å². The summed E-state index contributed by atoms with van der Waals surface area (Å²) in [7, 11) is 1.71. The fraction of sp³-hybridized carbons (Fsp3) is 0.286. The summed E-state index contributed by atoms with van der Waals surface area (Å²) in [4.78, 5) is 1.27. The SMILES string of the molecule is COc1c(C)cc(C(Br)c2sccc2Cl)cc1C. The van der Waals surface area contributed by atoms with Gasteiger partial charge in [-0.2, -0.15) is 0 Å². The van der Waals surface area contributed by atoms with Gasteiger partial charge in [-0.1, -0.05) is 39.7 Å². The summed E-state index contributed by atoms with van der Waals surface area (Å²) in [5.74, 6) is 0.954. The van der Waals surface area contributed by atoms with Gasteiger partial charge in [-0.25, -0.2) is 0 Å². The van der Waals surface area contributed by atoms with Gasteiger partial charge in [0.25, 0.3) is 0 Å². The minimum atomic E-state index is 0.133. The molecule has 0 saturated carbocycles. The third-order valence-electron chi connectivity index (χ3n) is 2.85. The minimum Gasteiger partial charge on any atom is -0.496 e. The topological polar surface area (TPSA) is 9.23 Å². The summed E-state index contributed by atoms with van der Waals surface area (Å²) >= 11 is 11.6. The van der Waals surface area contributed by atoms with Crippen LogP contribution in [-0.4, -0.2) is 7.11 Å². The molecule has 0 N–H and O–H groups in total. The molecule has 0 aliphatic heterocycles. The summed E-state index contributed by atoms with van der Waals surface area (Å²) < 4.78 is 5.39. The van der Waals surface area contributed by atoms with E-state index in [1.165, 1.54) is 5.56 Å². The third-order valence-corrected chi connectivity index (χ3v) is 5.57. The monoisotopic (exact) mass is 344 g/mol. The van der Waals surface area contributed by atoms with Crippen LogP contribution in [0.15, 0.2) is 23.6 Å². The van der Waals surface area contributed by atoms with Crippen LogP contribution in [0, 0.1) is 13.8 Å². The summed E-state index contributed by atoms with van der Waals surface area (Å²) in [5, 5.41) is 2.82. The van der Waals surface area contributed by atoms with Crippen LogP contribution in [0.2, 0.25) is 5.02 Å². The molecule has 0 radical (unpaired) electrons. The van der Waals surface area contributed by atoms with Crippen molar-refractivity contribution in [1.82, 2.24) is 0 Å². The molecule has 18 heavy (non-hydrogen) atoms. The molecular weight excluding hydrogens is 332 g/mol. The molecular formula is C14H14BrClOS. The average Bonchev–Trinajstić information content (AvgIpc) is 2.74. The van der Waals surface area contributed by atoms with Crippen molar-refractivity contribution in [2.75, 3.05) is 7.11 Å². The Morgan fingerprint density at radius 1 is 1.28 bits per heavy atom. The molecule has 1 unspecified atom stereocenters. The van der Waals surface area contributed by atoms with E-state index < -0.39 is 0 Å². The lowest BCUT2D eigenvalue weighted by atomic mass is 10.0. The van der Waals surface area contributed by atoms with Crippen LogP contribution in [0.4, 0.5) is 0 Å². The van der Waals surface area contributed by atoms with Gasteiger partial charge in [0, 0.05) is 4.88 Å². The fourth-order valence-electron chi connectivity index (χ4n) is 2.09. The quantitative estimate of drug-likeness (QED) is 0.666. The molecule has 1 nitrogen and oxygen atoms in total. The second-order valence-electron chi connectivity index (χ2n) is 4.18. The number of aryl methyl sites for hydroxylation is 2. The maximum absolute atomic E-state index is 6.18. The number of hydrogen-bond donors (Lipinski definition) is 0. The lowest BCUT2D eigenvalue weighted by Gasteiger charge is -2.14. The Bertz CT molecular complexity index is 542. The Morgan fingerprint density at radius 3 is 2.33 bits per heavy atom. The normalized spacial score (nSPS) is 12.5. The lowest BCUT2D eigenvalue weighted by Crippen LogP contribution is -1.96. The van der Waals surface area contributed by atoms with Crippen LogP contribution < -0.4 is 4.74 Å². The van der Waals surface area contributed by atoms with E-state index in [-0.39, 0.29) is 4.83 Å². The highest BCUT2D eigenvalue weighted by Gasteiger charge is 2.17. The molecule has 1 heterocycles. The zero-order valence-electron chi connectivity index (χ0n) is 10.5. The van der Waals surface area contributed by atoms with Gasteiger partial charge in [0.2, 0.25) is 0 Å². The molecule has 0 fully saturated rings. The van der Waals surface area contributed by atoms with Crippen molar-refractivity contribution in [3.63, 3.8) is 0 Å². The third kappa shape index (κ3) is 2.58. The second-order valence-corrected chi connectivity index (χ2v) is 6.45. The summed E-state index contributed by atoms with van der Waals surface area (Å²) in [6.45, 7) is 4.12. The number of halogens is 2. The number of alkyl halides is 1. The smallest absolute Gasteiger partial charge is 0.124 e. The van der Waals surface area contributed by atoms with Crippen molar-refractivity contribution in [2.45, 2.75) is 18.7 Å². The highest BCUT2D eigenvalue weighted by atomic mass is 79.9. The molecule has 2 aromatic rings. The zero-order chi connectivity index (χ0) is 13.3. The van der Waals surface area contributed by atoms with Gasteiger partial charge in [-0.05, 0) is 42.0 Å². The van der Waals surface area contributed by atoms with Gasteiger partial charge in [0.1, 0.15) is 5.75 Å². The lowest BCUT2D eigenvalue weighted by molar-refractivity contribution is 0.408. The number of thiophene rings is 1. The maximum Gasteiger partial charge on any atom is 0.124 e. The molecule has 0 aliphatic carbocycles. The van der Waals surface area contributed by atoms with E-state index in [0.29, 0.717) is 0 Å². The van der Waals surface area contributed by atoms with Gasteiger partial charge < -0.3 is 4.74 Å². The first kappa shape index (κ1) is 13.9. The largest absolute Gasteiger partial charge is 0.496 e. The highest BCUT2D eigenvalue weighted by Crippen LogP contribution is 2.40. The maximum atomic E-state index is 6.18. The summed E-state index contributed by atoms with van der Waals surface area (Å²) in [5.41, 5.74) is 3.49. The van der Waals surface area contributed by atoms with Crippen LogP contribution in [0.25, 0.3) is 0 Å². The first-order valence-corrected chi connectivity index (χ1v) is 7.74. The van der Waals surface area contributed by atoms with Crippen LogP contribution in [-0.2, 0) is 0 Å². The van der Waals surface area contributed by atoms with Gasteiger partial charge >= 0.3 is 0 Å². The summed E-state index contributed by atoms with van der Waals surface area (Å²) in [6.07, 6.45) is 0. The first-order chi connectivity index (χ1) is 8.54. The van der Waals surface area contributed by atoms with Crippen molar-refractivity contribution in [1.29, 1.82) is 0 Å². The number of benzene rings is 1. The molecule has 1 atom stereocenters. The standard InChI is InChI=1S/C14H14BrClOS/c1-8-6-10(7-9(2)13(8)17-3)12(15)14-11(16)4-5-18-14/h4-7,12H,1-3H3. The molecule has 1 aromatic heterocycles. The van der Waals surface area contributed by atoms with E-state index in [1.54, 1.807) is 18.4 Å². The van der Waals surface area contributed by atoms with E-state index in [1.807, 2.05) is 11.4 Å². The van der Waals surface area contributed by atoms with E-state index >= 15 is 0 Å². The Morgan fingerprint density at radius 2 is 1.89 bits per heavy atom. The van der Waals surface area contributed by atoms with E-state index in [2.05, 4.69) is 41.9 Å². The van der Waals surface area contributed by atoms with Crippen molar-refractivity contribution in [3.8, 4) is 5.75 Å². The Labute approximate surface area is 125 Å². The predicted molar refractivity (Wildman–Crippen MR) is 82.6 cm³/mol. The molecule has 2 rings (SSSR count). The minimum absolute atomic E-state index is 0.133. The Kier molecular flexibility index (Phi) is 4.36. The van der Waals surface area contributed by atoms with Gasteiger partial charge in [0.15, 0.2) is 0 Å². The van der Waals surface area contributed by atoms with Crippen LogP contribution in [0.3, 0.4) is 0 Å². The number of ether oxygens (including phenoxy) is 1. The predicted octanol–water partition coefficient (Wildman–Crippen LogP) is 5.51. The van der Waals surface area contributed by atoms with Gasteiger partial charge in [0.05, 0.1) is 17.0 Å². The fourth-order valence-corrected chi connectivity index (χ4v) is 4.22. The van der Waals surface area contributed by atoms with Crippen LogP contribution in [0.5, 0.6) is 5.75 Å². The molecule has 0 bridgehead atoms. The van der Waals surface area contributed by atoms with E-state index in [4.69, 9.17) is 16.3 Å². The highest BCUT2D eigenvalue weighted by molar-refractivity contribution is 9.09. The molecule has 0 amide bonds. The molecule has 0 saturated heterocycles. The van der Waals surface area contributed by atoms with Crippen LogP contribution >= 0.6 is 38.9 Å². The van der Waals surface area contributed by atoms with Gasteiger partial charge in [-0.15, -0.1) is 11.3 Å². The number of methoxy groups -OCH3 is 1. The van der Waals surface area contributed by atoms with E-state index in [0.717, 1.165) is 26.8 Å². The zero-order valence-corrected chi connectivity index (χ0v) is 13.6. The molecule has 0 aliphatic rings. The average molecular weight is 346 g/mol. The summed E-state index contributed by atoms with van der Waals surface area (Å²) in [6, 6.07) is 6.21. The van der Waals surface area contributed by atoms with Crippen molar-refractivity contribution in [2.24, 2.45) is 0 Å². The first-order valence-electron chi connectivity index (χ1n) is 5.56. The van der Waals surface area contributed by atoms with Gasteiger partial charge in [-0.3, -0.25) is 0 Å². The number of rotatable bonds is 3. The number of hydrogen-bond acceptors (Lipinski definition) is 2. The van der Waals surface area contributed by atoms with E-state index in [9.17, 15) is 0 Å². The van der Waals surface area contributed by atoms with Crippen molar-refractivity contribution < 1.29 is 4.74 Å². The van der Waals surface area contributed by atoms with Crippen molar-refractivity contribution in [3.05, 3.63) is 50.2 Å². The van der Waals surface area contributed by atoms with Crippen molar-refractivity contribution >= 4 is 38.9 Å².